The van der Waals surface area contributed by atoms with E-state index >= 15 is 0 Å². The third-order valence-electron chi connectivity index (χ3n) is 6.11. The molecule has 1 atom stereocenters. The number of rotatable bonds is 5. The number of ketones is 1. The number of amides is 1. The van der Waals surface area contributed by atoms with Gasteiger partial charge in [0.25, 0.3) is 11.7 Å². The van der Waals surface area contributed by atoms with Crippen LogP contribution in [-0.4, -0.2) is 23.4 Å². The van der Waals surface area contributed by atoms with E-state index in [2.05, 4.69) is 0 Å². The number of benzene rings is 3. The fourth-order valence-corrected chi connectivity index (χ4v) is 4.22. The molecule has 0 spiro atoms. The minimum Gasteiger partial charge on any atom is -0.507 e. The highest BCUT2D eigenvalue weighted by Crippen LogP contribution is 2.43. The number of aliphatic hydroxyl groups is 1. The zero-order chi connectivity index (χ0) is 23.7. The maximum absolute atomic E-state index is 13.3. The molecule has 0 aromatic heterocycles. The molecule has 5 nitrogen and oxygen atoms in total. The van der Waals surface area contributed by atoms with Crippen LogP contribution in [0.5, 0.6) is 5.75 Å². The van der Waals surface area contributed by atoms with E-state index in [9.17, 15) is 14.7 Å². The maximum atomic E-state index is 13.3. The van der Waals surface area contributed by atoms with Crippen molar-refractivity contribution in [1.82, 2.24) is 0 Å². The molecule has 1 aliphatic heterocycles. The molecule has 168 valence electrons. The summed E-state index contributed by atoms with van der Waals surface area (Å²) >= 11 is 0. The molecule has 0 saturated carbocycles. The lowest BCUT2D eigenvalue weighted by Gasteiger charge is -2.27. The zero-order valence-corrected chi connectivity index (χ0v) is 19.3. The van der Waals surface area contributed by atoms with E-state index in [0.717, 1.165) is 22.3 Å². The molecule has 33 heavy (non-hydrogen) atoms. The summed E-state index contributed by atoms with van der Waals surface area (Å²) in [5, 5.41) is 11.3. The van der Waals surface area contributed by atoms with Crippen molar-refractivity contribution in [1.29, 1.82) is 0 Å². The lowest BCUT2D eigenvalue weighted by molar-refractivity contribution is -0.132. The molecule has 0 aliphatic carbocycles. The van der Waals surface area contributed by atoms with E-state index in [1.165, 1.54) is 4.90 Å². The fourth-order valence-electron chi connectivity index (χ4n) is 4.22. The number of hydrogen-bond donors (Lipinski definition) is 1. The third kappa shape index (κ3) is 4.02. The fraction of sp³-hybridized carbons (Fsp3) is 0.214. The van der Waals surface area contributed by atoms with E-state index in [1.807, 2.05) is 64.1 Å². The van der Waals surface area contributed by atoms with E-state index < -0.39 is 17.7 Å². The minimum absolute atomic E-state index is 0.0827. The molecular weight excluding hydrogens is 414 g/mol. The Kier molecular flexibility index (Phi) is 6.05. The number of aliphatic hydroxyl groups excluding tert-OH is 1. The molecule has 1 fully saturated rings. The third-order valence-corrected chi connectivity index (χ3v) is 6.11. The Hall–Kier alpha value is -3.86. The van der Waals surface area contributed by atoms with E-state index in [-0.39, 0.29) is 11.3 Å². The number of carbonyl (C=O) groups excluding carboxylic acids is 2. The molecule has 1 amide bonds. The molecule has 0 radical (unpaired) electrons. The average Bonchev–Trinajstić information content (AvgIpc) is 3.06. The van der Waals surface area contributed by atoms with Gasteiger partial charge < -0.3 is 9.84 Å². The van der Waals surface area contributed by atoms with Crippen molar-refractivity contribution in [2.75, 3.05) is 11.5 Å². The highest BCUT2D eigenvalue weighted by Gasteiger charge is 2.47. The SMILES string of the molecule is CCOc1cccc(N2C(=O)C(=O)/C(=C(/O)c3ccc(C)c(C)c3)C2c2ccccc2C)c1. The first-order valence-electron chi connectivity index (χ1n) is 11.0. The van der Waals surface area contributed by atoms with Crippen molar-refractivity contribution < 1.29 is 19.4 Å². The Balaban J connectivity index is 1.95. The number of Topliss-reactive ketones (excluding diaryl/α,β-unsaturated/α-hetero) is 1. The van der Waals surface area contributed by atoms with Gasteiger partial charge in [0.2, 0.25) is 0 Å². The first-order valence-corrected chi connectivity index (χ1v) is 11.0. The Labute approximate surface area is 193 Å². The lowest BCUT2D eigenvalue weighted by atomic mass is 9.92. The van der Waals surface area contributed by atoms with Crippen LogP contribution < -0.4 is 9.64 Å². The van der Waals surface area contributed by atoms with Crippen LogP contribution in [-0.2, 0) is 9.59 Å². The Morgan fingerprint density at radius 2 is 1.67 bits per heavy atom. The molecule has 3 aromatic carbocycles. The number of ether oxygens (including phenoxy) is 1. The van der Waals surface area contributed by atoms with E-state index in [4.69, 9.17) is 4.74 Å². The summed E-state index contributed by atoms with van der Waals surface area (Å²) in [5.74, 6) is -0.953. The molecule has 3 aromatic rings. The lowest BCUT2D eigenvalue weighted by Crippen LogP contribution is -2.29. The van der Waals surface area contributed by atoms with Crippen molar-refractivity contribution in [3.8, 4) is 5.75 Å². The number of anilines is 1. The maximum Gasteiger partial charge on any atom is 0.300 e. The van der Waals surface area contributed by atoms with E-state index in [0.29, 0.717) is 23.6 Å². The molecule has 5 heteroatoms. The molecule has 1 heterocycles. The zero-order valence-electron chi connectivity index (χ0n) is 19.3. The predicted octanol–water partition coefficient (Wildman–Crippen LogP) is 5.64. The number of hydrogen-bond acceptors (Lipinski definition) is 4. The highest BCUT2D eigenvalue weighted by molar-refractivity contribution is 6.51. The van der Waals surface area contributed by atoms with Gasteiger partial charge in [0.05, 0.1) is 18.2 Å². The van der Waals surface area contributed by atoms with Gasteiger partial charge in [-0.1, -0.05) is 42.5 Å². The van der Waals surface area contributed by atoms with Crippen molar-refractivity contribution >= 4 is 23.1 Å². The van der Waals surface area contributed by atoms with Gasteiger partial charge in [-0.15, -0.1) is 0 Å². The summed E-state index contributed by atoms with van der Waals surface area (Å²) < 4.78 is 5.62. The minimum atomic E-state index is -0.760. The molecule has 1 saturated heterocycles. The van der Waals surface area contributed by atoms with Crippen LogP contribution in [0.3, 0.4) is 0 Å². The van der Waals surface area contributed by atoms with Gasteiger partial charge in [-0.3, -0.25) is 14.5 Å². The van der Waals surface area contributed by atoms with Gasteiger partial charge in [-0.05, 0) is 68.1 Å². The van der Waals surface area contributed by atoms with Gasteiger partial charge in [-0.2, -0.15) is 0 Å². The number of nitrogens with zero attached hydrogens (tertiary/aromatic N) is 1. The topological polar surface area (TPSA) is 66.8 Å². The summed E-state index contributed by atoms with van der Waals surface area (Å²) in [6.45, 7) is 8.23. The summed E-state index contributed by atoms with van der Waals surface area (Å²) in [6, 6.07) is 19.5. The summed E-state index contributed by atoms with van der Waals surface area (Å²) in [7, 11) is 0. The van der Waals surface area contributed by atoms with Crippen LogP contribution in [0.2, 0.25) is 0 Å². The van der Waals surface area contributed by atoms with Crippen molar-refractivity contribution in [3.05, 3.63) is 100 Å². The van der Waals surface area contributed by atoms with Crippen molar-refractivity contribution in [2.45, 2.75) is 33.7 Å². The van der Waals surface area contributed by atoms with Crippen LogP contribution in [0.1, 0.15) is 40.8 Å². The van der Waals surface area contributed by atoms with Gasteiger partial charge in [0, 0.05) is 17.3 Å². The largest absolute Gasteiger partial charge is 0.507 e. The first-order chi connectivity index (χ1) is 15.8. The molecule has 0 bridgehead atoms. The summed E-state index contributed by atoms with van der Waals surface area (Å²) in [6.07, 6.45) is 0. The second kappa shape index (κ2) is 8.94. The van der Waals surface area contributed by atoms with Gasteiger partial charge in [-0.25, -0.2) is 0 Å². The number of aryl methyl sites for hydroxylation is 3. The molecular formula is C28H27NO4. The smallest absolute Gasteiger partial charge is 0.300 e. The van der Waals surface area contributed by atoms with Gasteiger partial charge >= 0.3 is 0 Å². The Morgan fingerprint density at radius 1 is 0.909 bits per heavy atom. The van der Waals surface area contributed by atoms with E-state index in [1.54, 1.807) is 30.3 Å². The van der Waals surface area contributed by atoms with Gasteiger partial charge in [0.1, 0.15) is 11.5 Å². The van der Waals surface area contributed by atoms with Crippen molar-refractivity contribution in [2.24, 2.45) is 0 Å². The molecule has 4 rings (SSSR count). The van der Waals surface area contributed by atoms with Crippen LogP contribution in [0.4, 0.5) is 5.69 Å². The average molecular weight is 442 g/mol. The summed E-state index contributed by atoms with van der Waals surface area (Å²) in [5.41, 5.74) is 4.90. The predicted molar refractivity (Wildman–Crippen MR) is 129 cm³/mol. The molecule has 1 N–H and O–H groups in total. The Morgan fingerprint density at radius 3 is 2.36 bits per heavy atom. The van der Waals surface area contributed by atoms with Gasteiger partial charge in [0.15, 0.2) is 0 Å². The molecule has 1 aliphatic rings. The molecule has 1 unspecified atom stereocenters. The standard InChI is InChI=1S/C28H27NO4/c1-5-33-22-11-8-10-21(16-22)29-25(23-12-7-6-9-18(23)3)24(27(31)28(29)32)26(30)20-14-13-17(2)19(4)15-20/h6-16,25,30H,5H2,1-4H3/b26-24+. The van der Waals surface area contributed by atoms with Crippen molar-refractivity contribution in [3.63, 3.8) is 0 Å². The second-order valence-corrected chi connectivity index (χ2v) is 8.26. The van der Waals surface area contributed by atoms with Crippen LogP contribution in [0, 0.1) is 20.8 Å². The highest BCUT2D eigenvalue weighted by atomic mass is 16.5. The normalized spacial score (nSPS) is 17.5. The van der Waals surface area contributed by atoms with Crippen LogP contribution in [0.25, 0.3) is 5.76 Å². The second-order valence-electron chi connectivity index (χ2n) is 8.26. The van der Waals surface area contributed by atoms with Crippen LogP contribution in [0.15, 0.2) is 72.3 Å². The monoisotopic (exact) mass is 441 g/mol. The number of carbonyl (C=O) groups is 2. The summed E-state index contributed by atoms with van der Waals surface area (Å²) in [4.78, 5) is 28.1. The first kappa shape index (κ1) is 22.3. The van der Waals surface area contributed by atoms with Crippen LogP contribution >= 0.6 is 0 Å². The Bertz CT molecular complexity index is 1270. The quantitative estimate of drug-likeness (QED) is 0.316.